The minimum atomic E-state index is -0.336. The van der Waals surface area contributed by atoms with Crippen LogP contribution < -0.4 is 10.5 Å². The molecule has 0 saturated heterocycles. The molecule has 0 aromatic heterocycles. The van der Waals surface area contributed by atoms with E-state index in [1.165, 1.54) is 32.1 Å². The van der Waals surface area contributed by atoms with E-state index in [2.05, 4.69) is 17.5 Å². The lowest BCUT2D eigenvalue weighted by atomic mass is 9.84. The van der Waals surface area contributed by atoms with E-state index in [0.717, 1.165) is 19.0 Å². The fourth-order valence-electron chi connectivity index (χ4n) is 1.73. The summed E-state index contributed by atoms with van der Waals surface area (Å²) in [6, 6.07) is 0. The maximum absolute atomic E-state index is 8.97. The van der Waals surface area contributed by atoms with Crippen LogP contribution in [-0.4, -0.2) is 32.2 Å². The van der Waals surface area contributed by atoms with Crippen LogP contribution >= 0.6 is 0 Å². The SMILES string of the molecule is CB(O)NCC1CCCCC1.CCNC. The Kier molecular flexibility index (Phi) is 10.4. The molecule has 1 aliphatic carbocycles. The van der Waals surface area contributed by atoms with E-state index in [9.17, 15) is 0 Å². The molecule has 1 saturated carbocycles. The molecule has 0 atom stereocenters. The summed E-state index contributed by atoms with van der Waals surface area (Å²) in [6.07, 6.45) is 6.86. The van der Waals surface area contributed by atoms with Gasteiger partial charge in [0.1, 0.15) is 0 Å². The molecule has 0 heterocycles. The molecular weight excluding hydrogens is 187 g/mol. The summed E-state index contributed by atoms with van der Waals surface area (Å²) < 4.78 is 0. The lowest BCUT2D eigenvalue weighted by Gasteiger charge is -2.21. The van der Waals surface area contributed by atoms with E-state index in [-0.39, 0.29) is 7.05 Å². The van der Waals surface area contributed by atoms with Crippen molar-refractivity contribution < 1.29 is 5.02 Å². The molecule has 1 rings (SSSR count). The van der Waals surface area contributed by atoms with Gasteiger partial charge in [0, 0.05) is 0 Å². The van der Waals surface area contributed by atoms with Gasteiger partial charge in [0.05, 0.1) is 0 Å². The van der Waals surface area contributed by atoms with Crippen LogP contribution in [-0.2, 0) is 0 Å². The fraction of sp³-hybridized carbons (Fsp3) is 1.00. The number of hydrogen-bond donors (Lipinski definition) is 3. The molecule has 0 radical (unpaired) electrons. The Hall–Kier alpha value is -0.0551. The van der Waals surface area contributed by atoms with Gasteiger partial charge in [-0.25, -0.2) is 0 Å². The zero-order valence-electron chi connectivity index (χ0n) is 10.6. The molecule has 0 aromatic carbocycles. The Morgan fingerprint density at radius 2 is 1.80 bits per heavy atom. The van der Waals surface area contributed by atoms with Gasteiger partial charge >= 0.3 is 7.05 Å². The first-order valence-corrected chi connectivity index (χ1v) is 6.26. The second-order valence-corrected chi connectivity index (χ2v) is 4.30. The topological polar surface area (TPSA) is 44.3 Å². The van der Waals surface area contributed by atoms with E-state index in [1.54, 1.807) is 6.82 Å². The van der Waals surface area contributed by atoms with Crippen LogP contribution in [0.5, 0.6) is 0 Å². The molecular formula is C11H27BN2O. The van der Waals surface area contributed by atoms with Gasteiger partial charge in [0.2, 0.25) is 0 Å². The molecule has 0 bridgehead atoms. The summed E-state index contributed by atoms with van der Waals surface area (Å²) >= 11 is 0. The summed E-state index contributed by atoms with van der Waals surface area (Å²) in [5.41, 5.74) is 0. The molecule has 0 aromatic rings. The van der Waals surface area contributed by atoms with Gasteiger partial charge in [-0.05, 0) is 45.7 Å². The first-order chi connectivity index (χ1) is 7.20. The standard InChI is InChI=1S/C8H18BNO.C3H9N/c1-9(11)10-7-8-5-3-2-4-6-8;1-3-4-2/h8,10-11H,2-7H2,1H3;4H,3H2,1-2H3. The van der Waals surface area contributed by atoms with Crippen molar-refractivity contribution >= 4 is 7.05 Å². The third kappa shape index (κ3) is 10.2. The van der Waals surface area contributed by atoms with Crippen molar-refractivity contribution in [2.45, 2.75) is 45.9 Å². The average Bonchev–Trinajstić information content (AvgIpc) is 2.28. The highest BCUT2D eigenvalue weighted by Crippen LogP contribution is 2.22. The van der Waals surface area contributed by atoms with Crippen LogP contribution in [0.4, 0.5) is 0 Å². The molecule has 1 aliphatic rings. The zero-order valence-corrected chi connectivity index (χ0v) is 10.6. The maximum Gasteiger partial charge on any atom is 0.373 e. The largest absolute Gasteiger partial charge is 0.437 e. The normalized spacial score (nSPS) is 16.8. The number of rotatable bonds is 4. The first-order valence-electron chi connectivity index (χ1n) is 6.26. The van der Waals surface area contributed by atoms with Gasteiger partial charge in [-0.1, -0.05) is 26.2 Å². The third-order valence-corrected chi connectivity index (χ3v) is 2.78. The Bertz CT molecular complexity index is 126. The molecule has 1 fully saturated rings. The quantitative estimate of drug-likeness (QED) is 0.621. The summed E-state index contributed by atoms with van der Waals surface area (Å²) in [6.45, 7) is 5.92. The molecule has 4 heteroatoms. The van der Waals surface area contributed by atoms with Crippen LogP contribution in [0.3, 0.4) is 0 Å². The highest BCUT2D eigenvalue weighted by Gasteiger charge is 2.13. The second-order valence-electron chi connectivity index (χ2n) is 4.30. The highest BCUT2D eigenvalue weighted by atomic mass is 16.2. The van der Waals surface area contributed by atoms with Gasteiger partial charge in [-0.15, -0.1) is 0 Å². The minimum absolute atomic E-state index is 0.336. The lowest BCUT2D eigenvalue weighted by molar-refractivity contribution is 0.353. The number of hydrogen-bond acceptors (Lipinski definition) is 3. The molecule has 0 aliphatic heterocycles. The molecule has 0 spiro atoms. The molecule has 3 N–H and O–H groups in total. The highest BCUT2D eigenvalue weighted by molar-refractivity contribution is 6.45. The van der Waals surface area contributed by atoms with Crippen LogP contribution in [0.25, 0.3) is 0 Å². The Balaban J connectivity index is 0.000000423. The van der Waals surface area contributed by atoms with E-state index in [4.69, 9.17) is 5.02 Å². The van der Waals surface area contributed by atoms with Crippen LogP contribution in [0.15, 0.2) is 0 Å². The predicted octanol–water partition coefficient (Wildman–Crippen LogP) is 1.49. The summed E-state index contributed by atoms with van der Waals surface area (Å²) in [5, 5.41) is 15.0. The van der Waals surface area contributed by atoms with Crippen molar-refractivity contribution in [2.75, 3.05) is 20.1 Å². The van der Waals surface area contributed by atoms with Crippen molar-refractivity contribution in [1.29, 1.82) is 0 Å². The third-order valence-electron chi connectivity index (χ3n) is 2.78. The summed E-state index contributed by atoms with van der Waals surface area (Å²) in [7, 11) is 1.59. The van der Waals surface area contributed by atoms with Crippen LogP contribution in [0.1, 0.15) is 39.0 Å². The van der Waals surface area contributed by atoms with Gasteiger partial charge < -0.3 is 15.6 Å². The van der Waals surface area contributed by atoms with Crippen LogP contribution in [0, 0.1) is 5.92 Å². The van der Waals surface area contributed by atoms with Gasteiger partial charge in [0.25, 0.3) is 0 Å². The Morgan fingerprint density at radius 3 is 2.20 bits per heavy atom. The first kappa shape index (κ1) is 14.9. The second kappa shape index (κ2) is 10.5. The lowest BCUT2D eigenvalue weighted by Crippen LogP contribution is -2.35. The van der Waals surface area contributed by atoms with Gasteiger partial charge in [0.15, 0.2) is 0 Å². The average molecular weight is 214 g/mol. The van der Waals surface area contributed by atoms with E-state index in [1.807, 2.05) is 7.05 Å². The van der Waals surface area contributed by atoms with E-state index in [0.29, 0.717) is 0 Å². The minimum Gasteiger partial charge on any atom is -0.437 e. The van der Waals surface area contributed by atoms with Crippen molar-refractivity contribution in [2.24, 2.45) is 5.92 Å². The van der Waals surface area contributed by atoms with Crippen molar-refractivity contribution in [1.82, 2.24) is 10.5 Å². The zero-order chi connectivity index (χ0) is 11.5. The Morgan fingerprint density at radius 1 is 1.27 bits per heavy atom. The van der Waals surface area contributed by atoms with Crippen LogP contribution in [0.2, 0.25) is 6.82 Å². The molecule has 0 unspecified atom stereocenters. The summed E-state index contributed by atoms with van der Waals surface area (Å²) in [4.78, 5) is 0. The number of nitrogens with one attached hydrogen (secondary N) is 2. The molecule has 0 amide bonds. The predicted molar refractivity (Wildman–Crippen MR) is 68.0 cm³/mol. The smallest absolute Gasteiger partial charge is 0.373 e. The molecule has 3 nitrogen and oxygen atoms in total. The maximum atomic E-state index is 8.97. The van der Waals surface area contributed by atoms with Crippen molar-refractivity contribution in [3.05, 3.63) is 0 Å². The van der Waals surface area contributed by atoms with E-state index >= 15 is 0 Å². The van der Waals surface area contributed by atoms with E-state index < -0.39 is 0 Å². The van der Waals surface area contributed by atoms with Crippen molar-refractivity contribution in [3.8, 4) is 0 Å². The monoisotopic (exact) mass is 214 g/mol. The summed E-state index contributed by atoms with van der Waals surface area (Å²) in [5.74, 6) is 0.818. The van der Waals surface area contributed by atoms with Gasteiger partial charge in [-0.3, -0.25) is 0 Å². The Labute approximate surface area is 95.2 Å². The van der Waals surface area contributed by atoms with Gasteiger partial charge in [-0.2, -0.15) is 0 Å². The molecule has 90 valence electrons. The molecule has 15 heavy (non-hydrogen) atoms. The fourth-order valence-corrected chi connectivity index (χ4v) is 1.73. The van der Waals surface area contributed by atoms with Crippen molar-refractivity contribution in [3.63, 3.8) is 0 Å².